The van der Waals surface area contributed by atoms with E-state index in [1.165, 1.54) is 12.2 Å². The van der Waals surface area contributed by atoms with Gasteiger partial charge in [-0.25, -0.2) is 9.97 Å². The van der Waals surface area contributed by atoms with E-state index >= 15 is 0 Å². The first-order valence-electron chi connectivity index (χ1n) is 6.64. The lowest BCUT2D eigenvalue weighted by atomic mass is 10.2. The summed E-state index contributed by atoms with van der Waals surface area (Å²) in [7, 11) is 2.09. The van der Waals surface area contributed by atoms with Crippen molar-refractivity contribution < 1.29 is 0 Å². The van der Waals surface area contributed by atoms with E-state index < -0.39 is 0 Å². The van der Waals surface area contributed by atoms with Crippen molar-refractivity contribution >= 4 is 29.2 Å². The quantitative estimate of drug-likeness (QED) is 0.808. The molecule has 3 rings (SSSR count). The van der Waals surface area contributed by atoms with Crippen LogP contribution in [0.1, 0.15) is 6.42 Å². The molecule has 3 nitrogen and oxygen atoms in total. The summed E-state index contributed by atoms with van der Waals surface area (Å²) >= 11 is 8.16. The van der Waals surface area contributed by atoms with Crippen LogP contribution in [0.4, 0.5) is 5.82 Å². The molecule has 0 aliphatic carbocycles. The number of nitrogens with zero attached hydrogens (tertiary/aromatic N) is 3. The molecule has 1 aliphatic heterocycles. The summed E-state index contributed by atoms with van der Waals surface area (Å²) in [4.78, 5) is 11.2. The van der Waals surface area contributed by atoms with Crippen molar-refractivity contribution in [2.75, 3.05) is 23.5 Å². The van der Waals surface area contributed by atoms with E-state index in [2.05, 4.69) is 21.9 Å². The molecule has 0 N–H and O–H groups in total. The second-order valence-electron chi connectivity index (χ2n) is 4.87. The number of anilines is 1. The maximum absolute atomic E-state index is 6.17. The van der Waals surface area contributed by atoms with Gasteiger partial charge in [0, 0.05) is 30.5 Å². The monoisotopic (exact) mass is 305 g/mol. The molecule has 1 atom stereocenters. The van der Waals surface area contributed by atoms with Crippen molar-refractivity contribution in [1.29, 1.82) is 0 Å². The predicted molar refractivity (Wildman–Crippen MR) is 86.6 cm³/mol. The largest absolute Gasteiger partial charge is 0.356 e. The third-order valence-electron chi connectivity index (χ3n) is 3.53. The van der Waals surface area contributed by atoms with E-state index in [-0.39, 0.29) is 0 Å². The first kappa shape index (κ1) is 13.7. The van der Waals surface area contributed by atoms with Gasteiger partial charge in [-0.3, -0.25) is 0 Å². The highest BCUT2D eigenvalue weighted by atomic mass is 35.5. The van der Waals surface area contributed by atoms with Gasteiger partial charge in [-0.1, -0.05) is 41.9 Å². The van der Waals surface area contributed by atoms with Crippen LogP contribution >= 0.6 is 23.4 Å². The Balaban J connectivity index is 1.94. The van der Waals surface area contributed by atoms with E-state index in [1.54, 1.807) is 0 Å². The summed E-state index contributed by atoms with van der Waals surface area (Å²) in [5, 5.41) is 0.492. The van der Waals surface area contributed by atoms with E-state index in [0.29, 0.717) is 17.0 Å². The van der Waals surface area contributed by atoms with E-state index in [4.69, 9.17) is 11.6 Å². The predicted octanol–water partition coefficient (Wildman–Crippen LogP) is 3.74. The average Bonchev–Trinajstić information content (AvgIpc) is 3.01. The van der Waals surface area contributed by atoms with Crippen LogP contribution in [0.25, 0.3) is 11.4 Å². The number of halogens is 1. The summed E-state index contributed by atoms with van der Waals surface area (Å²) < 4.78 is 0. The molecule has 1 aliphatic rings. The molecule has 1 aromatic heterocycles. The zero-order chi connectivity index (χ0) is 13.9. The van der Waals surface area contributed by atoms with Crippen molar-refractivity contribution in [3.05, 3.63) is 41.6 Å². The number of benzene rings is 1. The maximum atomic E-state index is 6.17. The molecule has 0 bridgehead atoms. The van der Waals surface area contributed by atoms with Gasteiger partial charge in [-0.05, 0) is 12.2 Å². The molecule has 1 fully saturated rings. The summed E-state index contributed by atoms with van der Waals surface area (Å²) in [6.45, 7) is 0. The van der Waals surface area contributed by atoms with Gasteiger partial charge in [-0.15, -0.1) is 0 Å². The Bertz CT molecular complexity index is 585. The third-order valence-corrected chi connectivity index (χ3v) is 4.87. The van der Waals surface area contributed by atoms with Crippen LogP contribution in [0.5, 0.6) is 0 Å². The Morgan fingerprint density at radius 1 is 1.25 bits per heavy atom. The Kier molecular flexibility index (Phi) is 4.13. The SMILES string of the molecule is CN(c1cc(Cl)nc(-c2ccccc2)n1)C1CCSC1. The molecule has 1 saturated heterocycles. The Hall–Kier alpha value is -1.26. The van der Waals surface area contributed by atoms with Crippen LogP contribution in [-0.4, -0.2) is 34.6 Å². The van der Waals surface area contributed by atoms with Crippen LogP contribution in [0.15, 0.2) is 36.4 Å². The average molecular weight is 306 g/mol. The van der Waals surface area contributed by atoms with Gasteiger partial charge in [0.2, 0.25) is 0 Å². The molecule has 20 heavy (non-hydrogen) atoms. The van der Waals surface area contributed by atoms with Crippen LogP contribution in [0.3, 0.4) is 0 Å². The minimum atomic E-state index is 0.492. The van der Waals surface area contributed by atoms with Crippen LogP contribution in [0.2, 0.25) is 5.15 Å². The molecule has 0 saturated carbocycles. The van der Waals surface area contributed by atoms with Gasteiger partial charge < -0.3 is 4.90 Å². The van der Waals surface area contributed by atoms with Gasteiger partial charge in [0.15, 0.2) is 5.82 Å². The molecular formula is C15H16ClN3S. The van der Waals surface area contributed by atoms with Gasteiger partial charge in [-0.2, -0.15) is 11.8 Å². The molecule has 1 aromatic carbocycles. The highest BCUT2D eigenvalue weighted by molar-refractivity contribution is 7.99. The highest BCUT2D eigenvalue weighted by Crippen LogP contribution is 2.27. The zero-order valence-electron chi connectivity index (χ0n) is 11.3. The van der Waals surface area contributed by atoms with Crippen molar-refractivity contribution in [3.63, 3.8) is 0 Å². The maximum Gasteiger partial charge on any atom is 0.163 e. The second-order valence-corrected chi connectivity index (χ2v) is 6.40. The fourth-order valence-electron chi connectivity index (χ4n) is 2.32. The molecule has 2 heterocycles. The van der Waals surface area contributed by atoms with Crippen LogP contribution < -0.4 is 4.90 Å². The second kappa shape index (κ2) is 6.02. The van der Waals surface area contributed by atoms with E-state index in [0.717, 1.165) is 17.1 Å². The molecule has 0 radical (unpaired) electrons. The molecule has 2 aromatic rings. The topological polar surface area (TPSA) is 29.0 Å². The van der Waals surface area contributed by atoms with Crippen molar-refractivity contribution in [1.82, 2.24) is 9.97 Å². The summed E-state index contributed by atoms with van der Waals surface area (Å²) in [5.41, 5.74) is 0.991. The summed E-state index contributed by atoms with van der Waals surface area (Å²) in [6.07, 6.45) is 1.20. The number of thioether (sulfide) groups is 1. The first-order valence-corrected chi connectivity index (χ1v) is 8.18. The Morgan fingerprint density at radius 2 is 2.05 bits per heavy atom. The number of hydrogen-bond donors (Lipinski definition) is 0. The Morgan fingerprint density at radius 3 is 2.75 bits per heavy atom. The zero-order valence-corrected chi connectivity index (χ0v) is 12.9. The van der Waals surface area contributed by atoms with Crippen molar-refractivity contribution in [3.8, 4) is 11.4 Å². The number of aromatic nitrogens is 2. The molecule has 0 spiro atoms. The fraction of sp³-hybridized carbons (Fsp3) is 0.333. The van der Waals surface area contributed by atoms with Gasteiger partial charge in [0.05, 0.1) is 0 Å². The fourth-order valence-corrected chi connectivity index (χ4v) is 3.76. The first-order chi connectivity index (χ1) is 9.74. The van der Waals surface area contributed by atoms with E-state index in [1.807, 2.05) is 48.2 Å². The molecular weight excluding hydrogens is 290 g/mol. The third kappa shape index (κ3) is 2.91. The smallest absolute Gasteiger partial charge is 0.163 e. The van der Waals surface area contributed by atoms with Crippen LogP contribution in [-0.2, 0) is 0 Å². The van der Waals surface area contributed by atoms with Gasteiger partial charge in [0.25, 0.3) is 0 Å². The van der Waals surface area contributed by atoms with Crippen LogP contribution in [0, 0.1) is 0 Å². The molecule has 0 amide bonds. The summed E-state index contributed by atoms with van der Waals surface area (Å²) in [6, 6.07) is 12.3. The summed E-state index contributed by atoms with van der Waals surface area (Å²) in [5.74, 6) is 3.96. The van der Waals surface area contributed by atoms with Crippen molar-refractivity contribution in [2.24, 2.45) is 0 Å². The minimum Gasteiger partial charge on any atom is -0.356 e. The van der Waals surface area contributed by atoms with E-state index in [9.17, 15) is 0 Å². The van der Waals surface area contributed by atoms with Gasteiger partial charge in [0.1, 0.15) is 11.0 Å². The lowest BCUT2D eigenvalue weighted by Gasteiger charge is -2.25. The standard InChI is InChI=1S/C15H16ClN3S/c1-19(12-7-8-20-10-12)14-9-13(16)17-15(18-14)11-5-3-2-4-6-11/h2-6,9,12H,7-8,10H2,1H3. The van der Waals surface area contributed by atoms with Gasteiger partial charge >= 0.3 is 0 Å². The normalized spacial score (nSPS) is 18.2. The van der Waals surface area contributed by atoms with Crippen molar-refractivity contribution in [2.45, 2.75) is 12.5 Å². The molecule has 1 unspecified atom stereocenters. The lowest BCUT2D eigenvalue weighted by molar-refractivity contribution is 0.691. The number of rotatable bonds is 3. The molecule has 104 valence electrons. The Labute approximate surface area is 128 Å². The minimum absolute atomic E-state index is 0.492. The number of hydrogen-bond acceptors (Lipinski definition) is 4. The molecule has 5 heteroatoms. The lowest BCUT2D eigenvalue weighted by Crippen LogP contribution is -2.32. The highest BCUT2D eigenvalue weighted by Gasteiger charge is 2.22.